The van der Waals surface area contributed by atoms with E-state index in [4.69, 9.17) is 0 Å². The first-order chi connectivity index (χ1) is 5.29. The maximum absolute atomic E-state index is 11.2. The van der Waals surface area contributed by atoms with E-state index in [1.54, 1.807) is 0 Å². The van der Waals surface area contributed by atoms with Crippen molar-refractivity contribution in [1.82, 2.24) is 0 Å². The van der Waals surface area contributed by atoms with E-state index < -0.39 is 0 Å². The summed E-state index contributed by atoms with van der Waals surface area (Å²) >= 11 is 0.948. The standard InChI is InChI=1S/C8H10O2S/c9-7-5-3-1-2-4-6(5)8(10)11-7/h5-6H,1-4H2/t5-,6+. The molecular formula is C8H10O2S. The Balaban J connectivity index is 2.19. The summed E-state index contributed by atoms with van der Waals surface area (Å²) in [6.07, 6.45) is 4.14. The van der Waals surface area contributed by atoms with Crippen LogP contribution in [0.1, 0.15) is 25.7 Å². The third-order valence-electron chi connectivity index (χ3n) is 2.57. The molecule has 1 aliphatic heterocycles. The normalized spacial score (nSPS) is 37.5. The lowest BCUT2D eigenvalue weighted by Crippen LogP contribution is -2.21. The van der Waals surface area contributed by atoms with Gasteiger partial charge in [0.15, 0.2) is 10.2 Å². The van der Waals surface area contributed by atoms with E-state index in [0.29, 0.717) is 0 Å². The lowest BCUT2D eigenvalue weighted by Gasteiger charge is -2.20. The molecule has 3 heteroatoms. The summed E-state index contributed by atoms with van der Waals surface area (Å²) in [5.41, 5.74) is 0. The van der Waals surface area contributed by atoms with Crippen LogP contribution in [0.25, 0.3) is 0 Å². The summed E-state index contributed by atoms with van der Waals surface area (Å²) in [4.78, 5) is 22.3. The minimum atomic E-state index is 0.0845. The van der Waals surface area contributed by atoms with E-state index in [1.165, 1.54) is 0 Å². The van der Waals surface area contributed by atoms with Gasteiger partial charge in [0.1, 0.15) is 0 Å². The molecule has 0 aromatic heterocycles. The van der Waals surface area contributed by atoms with Crippen LogP contribution in [-0.2, 0) is 9.59 Å². The Morgan fingerprint density at radius 2 is 1.45 bits per heavy atom. The number of rotatable bonds is 0. The van der Waals surface area contributed by atoms with E-state index in [1.807, 2.05) is 0 Å². The third-order valence-corrected chi connectivity index (χ3v) is 3.58. The van der Waals surface area contributed by atoms with Crippen molar-refractivity contribution >= 4 is 22.0 Å². The van der Waals surface area contributed by atoms with Crippen LogP contribution in [0.2, 0.25) is 0 Å². The molecule has 1 saturated carbocycles. The summed E-state index contributed by atoms with van der Waals surface area (Å²) in [5.74, 6) is 0.169. The van der Waals surface area contributed by atoms with Crippen LogP contribution in [0.15, 0.2) is 0 Å². The van der Waals surface area contributed by atoms with E-state index in [2.05, 4.69) is 0 Å². The molecular weight excluding hydrogens is 160 g/mol. The van der Waals surface area contributed by atoms with Gasteiger partial charge in [0, 0.05) is 11.8 Å². The first-order valence-electron chi connectivity index (χ1n) is 4.04. The molecule has 0 aromatic rings. The predicted molar refractivity (Wildman–Crippen MR) is 43.1 cm³/mol. The molecule has 1 heterocycles. The van der Waals surface area contributed by atoms with Gasteiger partial charge in [-0.3, -0.25) is 9.59 Å². The molecule has 0 unspecified atom stereocenters. The SMILES string of the molecule is O=C1SC(=O)[C@@H]2CCCC[C@H]12. The van der Waals surface area contributed by atoms with Crippen LogP contribution in [0, 0.1) is 11.8 Å². The Kier molecular flexibility index (Phi) is 1.75. The van der Waals surface area contributed by atoms with Crippen molar-refractivity contribution in [2.75, 3.05) is 0 Å². The first kappa shape index (κ1) is 7.35. The summed E-state index contributed by atoms with van der Waals surface area (Å²) in [7, 11) is 0. The molecule has 2 nitrogen and oxygen atoms in total. The third kappa shape index (κ3) is 1.11. The Hall–Kier alpha value is -0.310. The number of thioether (sulfide) groups is 1. The summed E-state index contributed by atoms with van der Waals surface area (Å²) in [5, 5.41) is 0.249. The van der Waals surface area contributed by atoms with E-state index in [9.17, 15) is 9.59 Å². The Morgan fingerprint density at radius 3 is 1.91 bits per heavy atom. The number of hydrogen-bond donors (Lipinski definition) is 0. The molecule has 1 saturated heterocycles. The highest BCUT2D eigenvalue weighted by molar-refractivity contribution is 8.26. The molecule has 2 atom stereocenters. The highest BCUT2D eigenvalue weighted by atomic mass is 32.2. The molecule has 0 N–H and O–H groups in total. The Morgan fingerprint density at radius 1 is 1.00 bits per heavy atom. The molecule has 60 valence electrons. The molecule has 2 fully saturated rings. The molecule has 0 amide bonds. The summed E-state index contributed by atoms with van der Waals surface area (Å²) < 4.78 is 0. The van der Waals surface area contributed by atoms with Gasteiger partial charge >= 0.3 is 0 Å². The monoisotopic (exact) mass is 170 g/mol. The first-order valence-corrected chi connectivity index (χ1v) is 4.86. The minimum absolute atomic E-state index is 0.0845. The van der Waals surface area contributed by atoms with Crippen molar-refractivity contribution < 1.29 is 9.59 Å². The average molecular weight is 170 g/mol. The van der Waals surface area contributed by atoms with Crippen LogP contribution in [0.3, 0.4) is 0 Å². The number of hydrogen-bond acceptors (Lipinski definition) is 3. The molecule has 0 aromatic carbocycles. The quantitative estimate of drug-likeness (QED) is 0.553. The van der Waals surface area contributed by atoms with E-state index in [0.717, 1.165) is 37.4 Å². The minimum Gasteiger partial charge on any atom is -0.286 e. The molecule has 2 rings (SSSR count). The number of carbonyl (C=O) groups is 2. The van der Waals surface area contributed by atoms with Gasteiger partial charge < -0.3 is 0 Å². The van der Waals surface area contributed by atoms with Gasteiger partial charge in [0.05, 0.1) is 0 Å². The van der Waals surface area contributed by atoms with Gasteiger partial charge in [-0.25, -0.2) is 0 Å². The van der Waals surface area contributed by atoms with Crippen molar-refractivity contribution in [2.24, 2.45) is 11.8 Å². The predicted octanol–water partition coefficient (Wildman–Crippen LogP) is 1.59. The van der Waals surface area contributed by atoms with Gasteiger partial charge in [0.25, 0.3) is 0 Å². The van der Waals surface area contributed by atoms with Crippen molar-refractivity contribution in [3.63, 3.8) is 0 Å². The fourth-order valence-electron chi connectivity index (χ4n) is 1.95. The molecule has 0 radical (unpaired) electrons. The van der Waals surface area contributed by atoms with Crippen LogP contribution in [0.4, 0.5) is 0 Å². The Labute approximate surface area is 69.7 Å². The molecule has 1 aliphatic carbocycles. The zero-order valence-corrected chi connectivity index (χ0v) is 7.02. The van der Waals surface area contributed by atoms with Gasteiger partial charge in [-0.15, -0.1) is 0 Å². The highest BCUT2D eigenvalue weighted by Crippen LogP contribution is 2.42. The van der Waals surface area contributed by atoms with E-state index >= 15 is 0 Å². The van der Waals surface area contributed by atoms with Crippen LogP contribution < -0.4 is 0 Å². The zero-order valence-electron chi connectivity index (χ0n) is 6.21. The Bertz CT molecular complexity index is 190. The maximum atomic E-state index is 11.2. The topological polar surface area (TPSA) is 34.1 Å². The van der Waals surface area contributed by atoms with Gasteiger partial charge in [-0.1, -0.05) is 12.8 Å². The fourth-order valence-corrected chi connectivity index (χ4v) is 3.01. The van der Waals surface area contributed by atoms with Crippen molar-refractivity contribution in [1.29, 1.82) is 0 Å². The molecule has 11 heavy (non-hydrogen) atoms. The second kappa shape index (κ2) is 2.63. The zero-order chi connectivity index (χ0) is 7.84. The average Bonchev–Trinajstić information content (AvgIpc) is 2.30. The van der Waals surface area contributed by atoms with Crippen LogP contribution in [0.5, 0.6) is 0 Å². The summed E-state index contributed by atoms with van der Waals surface area (Å²) in [6.45, 7) is 0. The lowest BCUT2D eigenvalue weighted by atomic mass is 9.81. The molecule has 0 spiro atoms. The van der Waals surface area contributed by atoms with Crippen LogP contribution in [-0.4, -0.2) is 10.2 Å². The highest BCUT2D eigenvalue weighted by Gasteiger charge is 2.43. The van der Waals surface area contributed by atoms with Crippen molar-refractivity contribution in [3.05, 3.63) is 0 Å². The molecule has 0 bridgehead atoms. The van der Waals surface area contributed by atoms with Crippen molar-refractivity contribution in [3.8, 4) is 0 Å². The largest absolute Gasteiger partial charge is 0.286 e. The number of fused-ring (bicyclic) bond motifs is 1. The second-order valence-electron chi connectivity index (χ2n) is 3.24. The smallest absolute Gasteiger partial charge is 0.200 e. The summed E-state index contributed by atoms with van der Waals surface area (Å²) in [6, 6.07) is 0. The number of carbonyl (C=O) groups excluding carboxylic acids is 2. The van der Waals surface area contributed by atoms with Gasteiger partial charge in [-0.05, 0) is 24.6 Å². The second-order valence-corrected chi connectivity index (χ2v) is 4.25. The molecule has 2 aliphatic rings. The lowest BCUT2D eigenvalue weighted by molar-refractivity contribution is -0.120. The maximum Gasteiger partial charge on any atom is 0.200 e. The fraction of sp³-hybridized carbons (Fsp3) is 0.750. The van der Waals surface area contributed by atoms with Gasteiger partial charge in [-0.2, -0.15) is 0 Å². The van der Waals surface area contributed by atoms with E-state index in [-0.39, 0.29) is 22.1 Å². The van der Waals surface area contributed by atoms with Gasteiger partial charge in [0.2, 0.25) is 0 Å². The van der Waals surface area contributed by atoms with Crippen molar-refractivity contribution in [2.45, 2.75) is 25.7 Å². The van der Waals surface area contributed by atoms with Crippen LogP contribution >= 0.6 is 11.8 Å².